The first-order valence-electron chi connectivity index (χ1n) is 5.89. The zero-order valence-electron chi connectivity index (χ0n) is 10.3. The van der Waals surface area contributed by atoms with Gasteiger partial charge in [-0.25, -0.2) is 9.78 Å². The molecular formula is C12H17N3O3. The molecule has 98 valence electrons. The molecule has 18 heavy (non-hydrogen) atoms. The van der Waals surface area contributed by atoms with Gasteiger partial charge < -0.3 is 20.5 Å². The summed E-state index contributed by atoms with van der Waals surface area (Å²) >= 11 is 0. The predicted molar refractivity (Wildman–Crippen MR) is 67.4 cm³/mol. The van der Waals surface area contributed by atoms with Gasteiger partial charge >= 0.3 is 5.97 Å². The third kappa shape index (κ3) is 2.24. The van der Waals surface area contributed by atoms with Crippen molar-refractivity contribution in [3.05, 3.63) is 17.8 Å². The third-order valence-corrected chi connectivity index (χ3v) is 3.16. The Kier molecular flexibility index (Phi) is 3.66. The summed E-state index contributed by atoms with van der Waals surface area (Å²) in [6.07, 6.45) is 1.88. The van der Waals surface area contributed by atoms with Crippen molar-refractivity contribution in [1.82, 2.24) is 4.98 Å². The minimum absolute atomic E-state index is 0.0210. The molecule has 0 aromatic carbocycles. The summed E-state index contributed by atoms with van der Waals surface area (Å²) in [6.45, 7) is 0.844. The van der Waals surface area contributed by atoms with Crippen molar-refractivity contribution in [2.24, 2.45) is 0 Å². The molecule has 0 amide bonds. The Hall–Kier alpha value is -1.82. The van der Waals surface area contributed by atoms with Crippen LogP contribution >= 0.6 is 0 Å². The van der Waals surface area contributed by atoms with E-state index in [4.69, 9.17) is 5.73 Å². The van der Waals surface area contributed by atoms with Gasteiger partial charge in [0, 0.05) is 6.54 Å². The number of nitrogens with zero attached hydrogens (tertiary/aromatic N) is 2. The number of aliphatic hydroxyl groups is 1. The Morgan fingerprint density at radius 1 is 1.67 bits per heavy atom. The maximum atomic E-state index is 11.4. The number of pyridine rings is 1. The Morgan fingerprint density at radius 3 is 3.11 bits per heavy atom. The van der Waals surface area contributed by atoms with Crippen molar-refractivity contribution in [2.75, 3.05) is 30.9 Å². The third-order valence-electron chi connectivity index (χ3n) is 3.16. The van der Waals surface area contributed by atoms with E-state index in [2.05, 4.69) is 9.72 Å². The lowest BCUT2D eigenvalue weighted by molar-refractivity contribution is 0.0594. The summed E-state index contributed by atoms with van der Waals surface area (Å²) in [4.78, 5) is 17.6. The zero-order valence-corrected chi connectivity index (χ0v) is 10.3. The number of aliphatic hydroxyl groups excluding tert-OH is 1. The molecule has 1 aromatic rings. The number of anilines is 2. The van der Waals surface area contributed by atoms with Crippen LogP contribution in [0.5, 0.6) is 0 Å². The monoisotopic (exact) mass is 251 g/mol. The first-order valence-corrected chi connectivity index (χ1v) is 5.89. The first kappa shape index (κ1) is 12.6. The number of ether oxygens (including phenoxy) is 1. The van der Waals surface area contributed by atoms with E-state index in [0.29, 0.717) is 11.5 Å². The molecular weight excluding hydrogens is 234 g/mol. The largest absolute Gasteiger partial charge is 0.464 e. The Labute approximate surface area is 105 Å². The van der Waals surface area contributed by atoms with Crippen LogP contribution in [-0.2, 0) is 4.74 Å². The van der Waals surface area contributed by atoms with Crippen LogP contribution in [-0.4, -0.2) is 42.4 Å². The molecule has 1 aliphatic rings. The van der Waals surface area contributed by atoms with Gasteiger partial charge in [0.2, 0.25) is 0 Å². The summed E-state index contributed by atoms with van der Waals surface area (Å²) in [5.74, 6) is 0.0606. The molecule has 1 fully saturated rings. The SMILES string of the molecule is COC(=O)c1ccc(N)c(N2CCCC2CO)n1. The molecule has 2 heterocycles. The quantitative estimate of drug-likeness (QED) is 0.756. The normalized spacial score (nSPS) is 19.0. The van der Waals surface area contributed by atoms with E-state index in [0.717, 1.165) is 19.4 Å². The van der Waals surface area contributed by atoms with E-state index in [9.17, 15) is 9.90 Å². The van der Waals surface area contributed by atoms with Crippen molar-refractivity contribution in [3.63, 3.8) is 0 Å². The number of methoxy groups -OCH3 is 1. The van der Waals surface area contributed by atoms with Gasteiger partial charge in [-0.2, -0.15) is 0 Å². The fourth-order valence-corrected chi connectivity index (χ4v) is 2.21. The number of nitrogens with two attached hydrogens (primary N) is 1. The van der Waals surface area contributed by atoms with Crippen LogP contribution in [0.2, 0.25) is 0 Å². The predicted octanol–water partition coefficient (Wildman–Crippen LogP) is 0.411. The topological polar surface area (TPSA) is 88.7 Å². The van der Waals surface area contributed by atoms with Crippen LogP contribution in [0.3, 0.4) is 0 Å². The van der Waals surface area contributed by atoms with Gasteiger partial charge in [-0.05, 0) is 25.0 Å². The fraction of sp³-hybridized carbons (Fsp3) is 0.500. The van der Waals surface area contributed by atoms with Gasteiger partial charge in [0.25, 0.3) is 0 Å². The van der Waals surface area contributed by atoms with Gasteiger partial charge in [0.1, 0.15) is 0 Å². The van der Waals surface area contributed by atoms with E-state index >= 15 is 0 Å². The van der Waals surface area contributed by atoms with Crippen LogP contribution in [0, 0.1) is 0 Å². The van der Waals surface area contributed by atoms with Crippen LogP contribution in [0.25, 0.3) is 0 Å². The number of carbonyl (C=O) groups is 1. The highest BCUT2D eigenvalue weighted by atomic mass is 16.5. The van der Waals surface area contributed by atoms with Crippen molar-refractivity contribution in [1.29, 1.82) is 0 Å². The lowest BCUT2D eigenvalue weighted by Crippen LogP contribution is -2.33. The lowest BCUT2D eigenvalue weighted by Gasteiger charge is -2.25. The smallest absolute Gasteiger partial charge is 0.356 e. The number of esters is 1. The Morgan fingerprint density at radius 2 is 2.44 bits per heavy atom. The number of hydrogen-bond acceptors (Lipinski definition) is 6. The highest BCUT2D eigenvalue weighted by Gasteiger charge is 2.27. The Bertz CT molecular complexity index is 450. The minimum atomic E-state index is -0.490. The molecule has 0 radical (unpaired) electrons. The highest BCUT2D eigenvalue weighted by molar-refractivity contribution is 5.88. The molecule has 6 nitrogen and oxygen atoms in total. The molecule has 6 heteroatoms. The standard InChI is InChI=1S/C12H17N3O3/c1-18-12(17)10-5-4-9(13)11(14-10)15-6-2-3-8(15)7-16/h4-5,8,16H,2-3,6-7,13H2,1H3. The van der Waals surface area contributed by atoms with Crippen LogP contribution in [0.1, 0.15) is 23.3 Å². The van der Waals surface area contributed by atoms with E-state index in [1.807, 2.05) is 4.90 Å². The summed E-state index contributed by atoms with van der Waals surface area (Å²) in [7, 11) is 1.31. The van der Waals surface area contributed by atoms with Crippen LogP contribution < -0.4 is 10.6 Å². The van der Waals surface area contributed by atoms with Gasteiger partial charge in [-0.3, -0.25) is 0 Å². The molecule has 2 rings (SSSR count). The first-order chi connectivity index (χ1) is 8.67. The maximum Gasteiger partial charge on any atom is 0.356 e. The molecule has 0 spiro atoms. The lowest BCUT2D eigenvalue weighted by atomic mass is 10.2. The van der Waals surface area contributed by atoms with Crippen molar-refractivity contribution in [2.45, 2.75) is 18.9 Å². The fourth-order valence-electron chi connectivity index (χ4n) is 2.21. The van der Waals surface area contributed by atoms with E-state index in [-0.39, 0.29) is 18.3 Å². The molecule has 1 saturated heterocycles. The molecule has 1 aromatic heterocycles. The van der Waals surface area contributed by atoms with E-state index < -0.39 is 5.97 Å². The zero-order chi connectivity index (χ0) is 13.1. The van der Waals surface area contributed by atoms with E-state index in [1.54, 1.807) is 6.07 Å². The average molecular weight is 251 g/mol. The van der Waals surface area contributed by atoms with Crippen molar-refractivity contribution < 1.29 is 14.6 Å². The Balaban J connectivity index is 2.34. The van der Waals surface area contributed by atoms with Gasteiger partial charge in [-0.15, -0.1) is 0 Å². The van der Waals surface area contributed by atoms with Gasteiger partial charge in [-0.1, -0.05) is 0 Å². The minimum Gasteiger partial charge on any atom is -0.464 e. The summed E-state index contributed by atoms with van der Waals surface area (Å²) < 4.78 is 4.64. The summed E-state index contributed by atoms with van der Waals surface area (Å²) in [6, 6.07) is 3.20. The molecule has 1 aliphatic heterocycles. The summed E-state index contributed by atoms with van der Waals surface area (Å²) in [5.41, 5.74) is 6.62. The molecule has 3 N–H and O–H groups in total. The number of rotatable bonds is 3. The average Bonchev–Trinajstić information content (AvgIpc) is 2.86. The van der Waals surface area contributed by atoms with E-state index in [1.165, 1.54) is 13.2 Å². The summed E-state index contributed by atoms with van der Waals surface area (Å²) in [5, 5.41) is 9.31. The number of nitrogen functional groups attached to an aromatic ring is 1. The number of aromatic nitrogens is 1. The highest BCUT2D eigenvalue weighted by Crippen LogP contribution is 2.28. The molecule has 0 bridgehead atoms. The van der Waals surface area contributed by atoms with Crippen LogP contribution in [0.4, 0.5) is 11.5 Å². The van der Waals surface area contributed by atoms with Crippen molar-refractivity contribution in [3.8, 4) is 0 Å². The molecule has 0 aliphatic carbocycles. The van der Waals surface area contributed by atoms with Gasteiger partial charge in [0.05, 0.1) is 25.4 Å². The second-order valence-corrected chi connectivity index (χ2v) is 4.27. The van der Waals surface area contributed by atoms with Crippen LogP contribution in [0.15, 0.2) is 12.1 Å². The maximum absolute atomic E-state index is 11.4. The number of hydrogen-bond donors (Lipinski definition) is 2. The van der Waals surface area contributed by atoms with Crippen molar-refractivity contribution >= 4 is 17.5 Å². The second kappa shape index (κ2) is 5.22. The molecule has 0 saturated carbocycles. The molecule has 1 unspecified atom stereocenters. The van der Waals surface area contributed by atoms with Gasteiger partial charge in [0.15, 0.2) is 11.5 Å². The number of carbonyl (C=O) groups excluding carboxylic acids is 1. The second-order valence-electron chi connectivity index (χ2n) is 4.27. The molecule has 1 atom stereocenters.